The van der Waals surface area contributed by atoms with Crippen molar-refractivity contribution in [2.45, 2.75) is 18.8 Å². The zero-order valence-electron chi connectivity index (χ0n) is 14.0. The Balaban J connectivity index is 1.52. The Morgan fingerprint density at radius 2 is 2.16 bits per heavy atom. The van der Waals surface area contributed by atoms with E-state index in [0.29, 0.717) is 13.0 Å². The normalized spacial score (nSPS) is 17.0. The van der Waals surface area contributed by atoms with Crippen molar-refractivity contribution in [1.29, 1.82) is 0 Å². The zero-order chi connectivity index (χ0) is 17.6. The third kappa shape index (κ3) is 4.74. The van der Waals surface area contributed by atoms with Crippen molar-refractivity contribution in [2.75, 3.05) is 25.5 Å². The van der Waals surface area contributed by atoms with E-state index in [0.717, 1.165) is 28.9 Å². The average molecular weight is 377 g/mol. The van der Waals surface area contributed by atoms with Crippen molar-refractivity contribution in [3.05, 3.63) is 51.2 Å². The highest BCUT2D eigenvalue weighted by molar-refractivity contribution is 7.16. The van der Waals surface area contributed by atoms with Gasteiger partial charge in [-0.1, -0.05) is 29.8 Å². The summed E-state index contributed by atoms with van der Waals surface area (Å²) in [4.78, 5) is 17.4. The number of guanidine groups is 1. The quantitative estimate of drug-likeness (QED) is 0.554. The first-order valence-electron chi connectivity index (χ1n) is 8.23. The molecule has 5 nitrogen and oxygen atoms in total. The molecule has 1 atom stereocenters. The van der Waals surface area contributed by atoms with Crippen LogP contribution in [0.15, 0.2) is 41.4 Å². The van der Waals surface area contributed by atoms with Crippen LogP contribution in [-0.4, -0.2) is 32.0 Å². The minimum Gasteiger partial charge on any atom is -0.356 e. The van der Waals surface area contributed by atoms with Gasteiger partial charge < -0.3 is 16.0 Å². The number of nitrogens with zero attached hydrogens (tertiary/aromatic N) is 1. The third-order valence-corrected chi connectivity index (χ3v) is 5.43. The van der Waals surface area contributed by atoms with Gasteiger partial charge in [-0.05, 0) is 30.2 Å². The molecule has 1 amide bonds. The van der Waals surface area contributed by atoms with Gasteiger partial charge in [0.15, 0.2) is 5.96 Å². The second kappa shape index (κ2) is 8.36. The number of carbonyl (C=O) groups is 1. The van der Waals surface area contributed by atoms with Gasteiger partial charge >= 0.3 is 0 Å². The van der Waals surface area contributed by atoms with Crippen molar-refractivity contribution >= 4 is 40.5 Å². The summed E-state index contributed by atoms with van der Waals surface area (Å²) in [5.74, 6) is 0.939. The number of rotatable bonds is 5. The first kappa shape index (κ1) is 17.8. The van der Waals surface area contributed by atoms with E-state index in [-0.39, 0.29) is 11.8 Å². The summed E-state index contributed by atoms with van der Waals surface area (Å²) in [6.07, 6.45) is 1.38. The second-order valence-corrected chi connectivity index (χ2v) is 7.67. The van der Waals surface area contributed by atoms with Gasteiger partial charge in [-0.3, -0.25) is 9.79 Å². The minimum absolute atomic E-state index is 0.0584. The monoisotopic (exact) mass is 376 g/mol. The highest BCUT2D eigenvalue weighted by atomic mass is 35.5. The zero-order valence-corrected chi connectivity index (χ0v) is 15.6. The Hall–Kier alpha value is -2.05. The number of thiophene rings is 1. The Kier molecular flexibility index (Phi) is 5.94. The number of para-hydroxylation sites is 1. The lowest BCUT2D eigenvalue weighted by atomic mass is 9.90. The Labute approximate surface area is 156 Å². The van der Waals surface area contributed by atoms with Gasteiger partial charge in [0.2, 0.25) is 5.91 Å². The smallest absolute Gasteiger partial charge is 0.225 e. The van der Waals surface area contributed by atoms with Crippen LogP contribution >= 0.6 is 22.9 Å². The molecule has 0 radical (unpaired) electrons. The van der Waals surface area contributed by atoms with Gasteiger partial charge in [0.25, 0.3) is 0 Å². The molecule has 2 aromatic rings. The van der Waals surface area contributed by atoms with E-state index in [2.05, 4.69) is 27.0 Å². The molecule has 0 saturated heterocycles. The van der Waals surface area contributed by atoms with Crippen LogP contribution in [0, 0.1) is 0 Å². The summed E-state index contributed by atoms with van der Waals surface area (Å²) in [5.41, 5.74) is 2.07. The molecule has 25 heavy (non-hydrogen) atoms. The molecule has 0 fully saturated rings. The first-order valence-corrected chi connectivity index (χ1v) is 9.42. The fraction of sp³-hybridized carbons (Fsp3) is 0.333. The number of benzene rings is 1. The molecule has 3 N–H and O–H groups in total. The molecule has 1 aliphatic heterocycles. The van der Waals surface area contributed by atoms with Crippen LogP contribution in [0.5, 0.6) is 0 Å². The highest BCUT2D eigenvalue weighted by Gasteiger charge is 2.24. The predicted molar refractivity (Wildman–Crippen MR) is 105 cm³/mol. The topological polar surface area (TPSA) is 65.5 Å². The van der Waals surface area contributed by atoms with Crippen LogP contribution in [0.25, 0.3) is 0 Å². The van der Waals surface area contributed by atoms with Crippen molar-refractivity contribution in [3.63, 3.8) is 0 Å². The number of carbonyl (C=O) groups excluding carboxylic acids is 1. The third-order valence-electron chi connectivity index (χ3n) is 4.14. The van der Waals surface area contributed by atoms with Crippen molar-refractivity contribution in [1.82, 2.24) is 10.6 Å². The summed E-state index contributed by atoms with van der Waals surface area (Å²) < 4.78 is 0.812. The van der Waals surface area contributed by atoms with Crippen LogP contribution in [0.3, 0.4) is 0 Å². The van der Waals surface area contributed by atoms with Crippen molar-refractivity contribution in [2.24, 2.45) is 4.99 Å². The van der Waals surface area contributed by atoms with Gasteiger partial charge in [-0.15, -0.1) is 11.3 Å². The molecular formula is C18H21ClN4OS. The number of nitrogens with one attached hydrogen (secondary N) is 3. The Morgan fingerprint density at radius 3 is 2.92 bits per heavy atom. The van der Waals surface area contributed by atoms with E-state index < -0.39 is 0 Å². The number of halogens is 1. The van der Waals surface area contributed by atoms with Crippen LogP contribution in [0.4, 0.5) is 5.69 Å². The van der Waals surface area contributed by atoms with Crippen molar-refractivity contribution in [3.8, 4) is 0 Å². The summed E-state index contributed by atoms with van der Waals surface area (Å²) >= 11 is 7.54. The molecule has 2 heterocycles. The standard InChI is InChI=1S/C18H21ClN4OS/c1-20-18(21-9-8-13-6-7-16(19)25-13)22-11-12-10-17(24)23-15-5-3-2-4-14(12)15/h2-7,12H,8-11H2,1H3,(H,23,24)(H2,20,21,22). The van der Waals surface area contributed by atoms with Crippen LogP contribution in [0.1, 0.15) is 22.8 Å². The summed E-state index contributed by atoms with van der Waals surface area (Å²) in [7, 11) is 1.75. The van der Waals surface area contributed by atoms with E-state index in [9.17, 15) is 4.79 Å². The van der Waals surface area contributed by atoms with E-state index in [4.69, 9.17) is 11.6 Å². The van der Waals surface area contributed by atoms with Crippen LogP contribution in [0.2, 0.25) is 4.34 Å². The van der Waals surface area contributed by atoms with Gasteiger partial charge in [-0.2, -0.15) is 0 Å². The minimum atomic E-state index is 0.0584. The number of fused-ring (bicyclic) bond motifs is 1. The van der Waals surface area contributed by atoms with Gasteiger partial charge in [0.05, 0.1) is 4.34 Å². The first-order chi connectivity index (χ1) is 12.2. The predicted octanol–water partition coefficient (Wildman–Crippen LogP) is 3.24. The Morgan fingerprint density at radius 1 is 1.32 bits per heavy atom. The molecule has 132 valence electrons. The number of aliphatic imine (C=N–C) groups is 1. The van der Waals surface area contributed by atoms with Crippen molar-refractivity contribution < 1.29 is 4.79 Å². The maximum absolute atomic E-state index is 11.9. The molecular weight excluding hydrogens is 356 g/mol. The van der Waals surface area contributed by atoms with Crippen LogP contribution < -0.4 is 16.0 Å². The van der Waals surface area contributed by atoms with Crippen LogP contribution in [-0.2, 0) is 11.2 Å². The van der Waals surface area contributed by atoms with E-state index >= 15 is 0 Å². The second-order valence-electron chi connectivity index (χ2n) is 5.87. The lowest BCUT2D eigenvalue weighted by Gasteiger charge is -2.26. The lowest BCUT2D eigenvalue weighted by molar-refractivity contribution is -0.116. The van der Waals surface area contributed by atoms with Gasteiger partial charge in [0, 0.05) is 43.0 Å². The van der Waals surface area contributed by atoms with E-state index in [1.165, 1.54) is 10.4 Å². The maximum atomic E-state index is 11.9. The summed E-state index contributed by atoms with van der Waals surface area (Å²) in [6.45, 7) is 1.44. The SMILES string of the molecule is CN=C(NCCc1ccc(Cl)s1)NCC1CC(=O)Nc2ccccc21. The molecule has 0 saturated carbocycles. The van der Waals surface area contributed by atoms with E-state index in [1.54, 1.807) is 18.4 Å². The van der Waals surface area contributed by atoms with Gasteiger partial charge in [0.1, 0.15) is 0 Å². The number of hydrogen-bond donors (Lipinski definition) is 3. The lowest BCUT2D eigenvalue weighted by Crippen LogP contribution is -2.41. The fourth-order valence-corrected chi connectivity index (χ4v) is 4.00. The molecule has 1 aliphatic rings. The molecule has 0 bridgehead atoms. The molecule has 0 spiro atoms. The number of amides is 1. The van der Waals surface area contributed by atoms with E-state index in [1.807, 2.05) is 30.3 Å². The van der Waals surface area contributed by atoms with Gasteiger partial charge in [-0.25, -0.2) is 0 Å². The summed E-state index contributed by atoms with van der Waals surface area (Å²) in [5, 5.41) is 9.56. The molecule has 7 heteroatoms. The maximum Gasteiger partial charge on any atom is 0.225 e. The molecule has 1 aromatic heterocycles. The Bertz CT molecular complexity index is 774. The number of anilines is 1. The highest BCUT2D eigenvalue weighted by Crippen LogP contribution is 2.31. The molecule has 0 aliphatic carbocycles. The summed E-state index contributed by atoms with van der Waals surface area (Å²) in [6, 6.07) is 11.9. The molecule has 3 rings (SSSR count). The largest absolute Gasteiger partial charge is 0.356 e. The average Bonchev–Trinajstić information content (AvgIpc) is 3.02. The number of hydrogen-bond acceptors (Lipinski definition) is 3. The molecule has 1 unspecified atom stereocenters. The fourth-order valence-electron chi connectivity index (χ4n) is 2.91. The molecule has 1 aromatic carbocycles.